The number of aromatic nitrogens is 1. The lowest BCUT2D eigenvalue weighted by Gasteiger charge is -2.22. The molecular weight excluding hydrogens is 190 g/mol. The van der Waals surface area contributed by atoms with E-state index in [-0.39, 0.29) is 11.9 Å². The normalized spacial score (nSPS) is 22.6. The Hall–Kier alpha value is -1.42. The summed E-state index contributed by atoms with van der Waals surface area (Å²) in [7, 11) is 0. The maximum absolute atomic E-state index is 11.9. The Labute approximate surface area is 89.1 Å². The van der Waals surface area contributed by atoms with E-state index >= 15 is 0 Å². The molecule has 0 aromatic carbocycles. The highest BCUT2D eigenvalue weighted by molar-refractivity contribution is 5.97. The van der Waals surface area contributed by atoms with Gasteiger partial charge in [0.1, 0.15) is 0 Å². The lowest BCUT2D eigenvalue weighted by molar-refractivity contribution is -0.119. The predicted octanol–water partition coefficient (Wildman–Crippen LogP) is 0.926. The summed E-state index contributed by atoms with van der Waals surface area (Å²) in [5.41, 5.74) is 6.64. The minimum atomic E-state index is -0.354. The Morgan fingerprint density at radius 2 is 2.33 bits per heavy atom. The van der Waals surface area contributed by atoms with Gasteiger partial charge in [0.05, 0.1) is 17.9 Å². The minimum Gasteiger partial charge on any atom is -0.320 e. The maximum atomic E-state index is 11.9. The standard InChI is InChI=1S/C11H15N3O/c12-10-5-1-2-7-14(11(10)15)9-4-3-6-13-8-9/h3-4,6,8,10H,1-2,5,7,12H2. The van der Waals surface area contributed by atoms with Crippen LogP contribution in [0, 0.1) is 0 Å². The lowest BCUT2D eigenvalue weighted by atomic mass is 10.1. The van der Waals surface area contributed by atoms with E-state index < -0.39 is 0 Å². The molecule has 0 aliphatic carbocycles. The quantitative estimate of drug-likeness (QED) is 0.741. The van der Waals surface area contributed by atoms with Crippen LogP contribution in [-0.4, -0.2) is 23.5 Å². The fourth-order valence-electron chi connectivity index (χ4n) is 1.84. The van der Waals surface area contributed by atoms with Crippen LogP contribution in [0.3, 0.4) is 0 Å². The first-order chi connectivity index (χ1) is 7.29. The van der Waals surface area contributed by atoms with E-state index in [0.29, 0.717) is 0 Å². The Morgan fingerprint density at radius 3 is 3.07 bits per heavy atom. The molecule has 2 heterocycles. The summed E-state index contributed by atoms with van der Waals surface area (Å²) in [6.07, 6.45) is 6.22. The summed E-state index contributed by atoms with van der Waals surface area (Å²) in [5.74, 6) is 0.0144. The fourth-order valence-corrected chi connectivity index (χ4v) is 1.84. The van der Waals surface area contributed by atoms with Gasteiger partial charge in [-0.05, 0) is 31.4 Å². The van der Waals surface area contributed by atoms with Crippen LogP contribution < -0.4 is 10.6 Å². The zero-order valence-corrected chi connectivity index (χ0v) is 8.60. The molecule has 1 aliphatic rings. The van der Waals surface area contributed by atoms with Gasteiger partial charge in [-0.2, -0.15) is 0 Å². The first-order valence-corrected chi connectivity index (χ1v) is 5.26. The number of nitrogens with two attached hydrogens (primary N) is 1. The number of amides is 1. The molecule has 1 aromatic heterocycles. The summed E-state index contributed by atoms with van der Waals surface area (Å²) in [4.78, 5) is 17.7. The van der Waals surface area contributed by atoms with Crippen molar-refractivity contribution in [3.05, 3.63) is 24.5 Å². The molecule has 15 heavy (non-hydrogen) atoms. The molecule has 1 saturated heterocycles. The van der Waals surface area contributed by atoms with Crippen LogP contribution in [-0.2, 0) is 4.79 Å². The minimum absolute atomic E-state index is 0.0144. The molecule has 2 rings (SSSR count). The van der Waals surface area contributed by atoms with Crippen molar-refractivity contribution >= 4 is 11.6 Å². The molecule has 1 aromatic rings. The molecule has 0 saturated carbocycles. The van der Waals surface area contributed by atoms with E-state index in [1.54, 1.807) is 17.3 Å². The van der Waals surface area contributed by atoms with E-state index in [1.165, 1.54) is 0 Å². The molecule has 80 valence electrons. The summed E-state index contributed by atoms with van der Waals surface area (Å²) >= 11 is 0. The number of hydrogen-bond donors (Lipinski definition) is 1. The van der Waals surface area contributed by atoms with E-state index in [2.05, 4.69) is 4.98 Å². The number of anilines is 1. The fraction of sp³-hybridized carbons (Fsp3) is 0.455. The molecule has 1 fully saturated rings. The molecule has 0 radical (unpaired) electrons. The van der Waals surface area contributed by atoms with Crippen LogP contribution in [0.25, 0.3) is 0 Å². The summed E-state index contributed by atoms with van der Waals surface area (Å²) in [6.45, 7) is 0.748. The Kier molecular flexibility index (Phi) is 2.97. The molecule has 2 N–H and O–H groups in total. The molecule has 0 spiro atoms. The van der Waals surface area contributed by atoms with Crippen LogP contribution in [0.1, 0.15) is 19.3 Å². The average molecular weight is 205 g/mol. The molecule has 0 bridgehead atoms. The zero-order chi connectivity index (χ0) is 10.7. The Balaban J connectivity index is 2.23. The van der Waals surface area contributed by atoms with Crippen molar-refractivity contribution in [3.8, 4) is 0 Å². The highest BCUT2D eigenvalue weighted by atomic mass is 16.2. The van der Waals surface area contributed by atoms with Gasteiger partial charge in [0.15, 0.2) is 0 Å². The van der Waals surface area contributed by atoms with Gasteiger partial charge >= 0.3 is 0 Å². The number of nitrogens with zero attached hydrogens (tertiary/aromatic N) is 2. The van der Waals surface area contributed by atoms with Crippen molar-refractivity contribution in [1.29, 1.82) is 0 Å². The molecular formula is C11H15N3O. The number of hydrogen-bond acceptors (Lipinski definition) is 3. The monoisotopic (exact) mass is 205 g/mol. The highest BCUT2D eigenvalue weighted by Gasteiger charge is 2.24. The second-order valence-corrected chi connectivity index (χ2v) is 3.80. The molecule has 1 atom stereocenters. The third kappa shape index (κ3) is 2.15. The maximum Gasteiger partial charge on any atom is 0.243 e. The Bertz CT molecular complexity index is 339. The second kappa shape index (κ2) is 4.40. The number of carbonyl (C=O) groups is 1. The summed E-state index contributed by atoms with van der Waals surface area (Å²) < 4.78 is 0. The van der Waals surface area contributed by atoms with Gasteiger partial charge in [-0.15, -0.1) is 0 Å². The Morgan fingerprint density at radius 1 is 1.47 bits per heavy atom. The SMILES string of the molecule is NC1CCCCN(c2cccnc2)C1=O. The van der Waals surface area contributed by atoms with Crippen LogP contribution in [0.4, 0.5) is 5.69 Å². The van der Waals surface area contributed by atoms with E-state index in [1.807, 2.05) is 12.1 Å². The van der Waals surface area contributed by atoms with Gasteiger partial charge in [0, 0.05) is 12.7 Å². The third-order valence-corrected chi connectivity index (χ3v) is 2.69. The average Bonchev–Trinajstić information content (AvgIpc) is 2.44. The smallest absolute Gasteiger partial charge is 0.243 e. The van der Waals surface area contributed by atoms with Gasteiger partial charge in [-0.1, -0.05) is 0 Å². The summed E-state index contributed by atoms with van der Waals surface area (Å²) in [6, 6.07) is 3.37. The zero-order valence-electron chi connectivity index (χ0n) is 8.60. The highest BCUT2D eigenvalue weighted by Crippen LogP contribution is 2.18. The number of rotatable bonds is 1. The van der Waals surface area contributed by atoms with Crippen molar-refractivity contribution in [2.75, 3.05) is 11.4 Å². The number of carbonyl (C=O) groups excluding carboxylic acids is 1. The topological polar surface area (TPSA) is 59.2 Å². The van der Waals surface area contributed by atoms with Gasteiger partial charge in [-0.25, -0.2) is 0 Å². The van der Waals surface area contributed by atoms with Crippen molar-refractivity contribution in [1.82, 2.24) is 4.98 Å². The number of pyridine rings is 1. The van der Waals surface area contributed by atoms with Crippen LogP contribution in [0.2, 0.25) is 0 Å². The van der Waals surface area contributed by atoms with Crippen molar-refractivity contribution < 1.29 is 4.79 Å². The van der Waals surface area contributed by atoms with Crippen molar-refractivity contribution in [3.63, 3.8) is 0 Å². The van der Waals surface area contributed by atoms with Gasteiger partial charge in [0.25, 0.3) is 0 Å². The molecule has 4 nitrogen and oxygen atoms in total. The predicted molar refractivity (Wildman–Crippen MR) is 58.4 cm³/mol. The van der Waals surface area contributed by atoms with Gasteiger partial charge in [0.2, 0.25) is 5.91 Å². The van der Waals surface area contributed by atoms with E-state index in [9.17, 15) is 4.79 Å². The third-order valence-electron chi connectivity index (χ3n) is 2.69. The summed E-state index contributed by atoms with van der Waals surface area (Å²) in [5, 5.41) is 0. The molecule has 4 heteroatoms. The van der Waals surface area contributed by atoms with E-state index in [0.717, 1.165) is 31.5 Å². The van der Waals surface area contributed by atoms with E-state index in [4.69, 9.17) is 5.73 Å². The van der Waals surface area contributed by atoms with Crippen LogP contribution in [0.15, 0.2) is 24.5 Å². The van der Waals surface area contributed by atoms with Gasteiger partial charge in [-0.3, -0.25) is 9.78 Å². The van der Waals surface area contributed by atoms with Gasteiger partial charge < -0.3 is 10.6 Å². The largest absolute Gasteiger partial charge is 0.320 e. The second-order valence-electron chi connectivity index (χ2n) is 3.80. The van der Waals surface area contributed by atoms with Crippen LogP contribution in [0.5, 0.6) is 0 Å². The first kappa shape index (κ1) is 10.1. The van der Waals surface area contributed by atoms with Crippen molar-refractivity contribution in [2.45, 2.75) is 25.3 Å². The van der Waals surface area contributed by atoms with Crippen molar-refractivity contribution in [2.24, 2.45) is 5.73 Å². The van der Waals surface area contributed by atoms with Crippen LogP contribution >= 0.6 is 0 Å². The molecule has 1 aliphatic heterocycles. The molecule has 1 unspecified atom stereocenters. The first-order valence-electron chi connectivity index (χ1n) is 5.26. The lowest BCUT2D eigenvalue weighted by Crippen LogP contribution is -2.42. The molecule has 1 amide bonds.